The summed E-state index contributed by atoms with van der Waals surface area (Å²) in [6.45, 7) is 1.89. The number of aromatic carboxylic acids is 1. The molecule has 122 valence electrons. The monoisotopic (exact) mass is 322 g/mol. The van der Waals surface area contributed by atoms with Crippen LogP contribution in [0.25, 0.3) is 22.2 Å². The van der Waals surface area contributed by atoms with Gasteiger partial charge >= 0.3 is 0 Å². The number of para-hydroxylation sites is 1. The van der Waals surface area contributed by atoms with Crippen molar-refractivity contribution in [2.24, 2.45) is 0 Å². The lowest BCUT2D eigenvalue weighted by molar-refractivity contribution is -0.254. The van der Waals surface area contributed by atoms with E-state index >= 15 is 0 Å². The van der Waals surface area contributed by atoms with Crippen LogP contribution in [0.15, 0.2) is 42.5 Å². The van der Waals surface area contributed by atoms with Crippen molar-refractivity contribution in [3.8, 4) is 22.8 Å². The zero-order valence-electron chi connectivity index (χ0n) is 13.6. The van der Waals surface area contributed by atoms with Gasteiger partial charge in [-0.1, -0.05) is 18.2 Å². The highest BCUT2D eigenvalue weighted by molar-refractivity contribution is 6.03. The molecule has 5 nitrogen and oxygen atoms in total. The summed E-state index contributed by atoms with van der Waals surface area (Å²) in [7, 11) is 3.12. The highest BCUT2D eigenvalue weighted by atomic mass is 16.5. The van der Waals surface area contributed by atoms with Crippen molar-refractivity contribution >= 4 is 16.9 Å². The second-order valence-electron chi connectivity index (χ2n) is 5.38. The Morgan fingerprint density at radius 2 is 1.88 bits per heavy atom. The molecular formula is C19H16NO4-. The van der Waals surface area contributed by atoms with E-state index in [1.54, 1.807) is 44.6 Å². The number of ether oxygens (including phenoxy) is 2. The summed E-state index contributed by atoms with van der Waals surface area (Å²) in [4.78, 5) is 16.2. The fraction of sp³-hybridized carbons (Fsp3) is 0.158. The quantitative estimate of drug-likeness (QED) is 0.738. The summed E-state index contributed by atoms with van der Waals surface area (Å²) in [6.07, 6.45) is 0. The zero-order valence-corrected chi connectivity index (χ0v) is 13.6. The molecule has 0 saturated carbocycles. The number of aromatic nitrogens is 1. The Hall–Kier alpha value is -3.08. The second kappa shape index (κ2) is 6.20. The number of methoxy groups -OCH3 is 2. The van der Waals surface area contributed by atoms with Crippen molar-refractivity contribution in [3.63, 3.8) is 0 Å². The van der Waals surface area contributed by atoms with E-state index in [0.29, 0.717) is 33.7 Å². The van der Waals surface area contributed by atoms with Crippen molar-refractivity contribution in [1.29, 1.82) is 0 Å². The summed E-state index contributed by atoms with van der Waals surface area (Å²) in [5.41, 5.74) is 2.76. The van der Waals surface area contributed by atoms with E-state index in [1.165, 1.54) is 6.07 Å². The summed E-state index contributed by atoms with van der Waals surface area (Å²) >= 11 is 0. The van der Waals surface area contributed by atoms with Crippen molar-refractivity contribution in [2.45, 2.75) is 6.92 Å². The number of rotatable bonds is 4. The fourth-order valence-corrected chi connectivity index (χ4v) is 2.71. The average Bonchev–Trinajstić information content (AvgIpc) is 2.60. The molecule has 0 atom stereocenters. The number of carboxylic acid groups (broad SMARTS) is 1. The van der Waals surface area contributed by atoms with Gasteiger partial charge < -0.3 is 19.4 Å². The number of fused-ring (bicyclic) bond motifs is 1. The Morgan fingerprint density at radius 1 is 1.08 bits per heavy atom. The van der Waals surface area contributed by atoms with Crippen LogP contribution in [0.4, 0.5) is 0 Å². The number of carbonyl (C=O) groups excluding carboxylic acids is 1. The first-order valence-electron chi connectivity index (χ1n) is 7.39. The predicted octanol–water partition coefficient (Wildman–Crippen LogP) is 2.59. The zero-order chi connectivity index (χ0) is 17.3. The third kappa shape index (κ3) is 2.65. The van der Waals surface area contributed by atoms with Gasteiger partial charge in [-0.2, -0.15) is 0 Å². The maximum atomic E-state index is 11.6. The summed E-state index contributed by atoms with van der Waals surface area (Å²) in [6, 6.07) is 12.2. The average molecular weight is 322 g/mol. The highest BCUT2D eigenvalue weighted by Crippen LogP contribution is 2.34. The molecule has 0 N–H and O–H groups in total. The Labute approximate surface area is 139 Å². The van der Waals surface area contributed by atoms with Gasteiger partial charge in [0.25, 0.3) is 0 Å². The number of carbonyl (C=O) groups is 1. The number of benzene rings is 2. The van der Waals surface area contributed by atoms with Crippen molar-refractivity contribution < 1.29 is 19.4 Å². The van der Waals surface area contributed by atoms with Crippen LogP contribution in [0.2, 0.25) is 0 Å². The maximum absolute atomic E-state index is 11.6. The van der Waals surface area contributed by atoms with Gasteiger partial charge in [-0.15, -0.1) is 0 Å². The van der Waals surface area contributed by atoms with Crippen LogP contribution >= 0.6 is 0 Å². The van der Waals surface area contributed by atoms with E-state index in [9.17, 15) is 9.90 Å². The molecule has 0 aliphatic carbocycles. The Bertz CT molecular complexity index is 934. The molecule has 24 heavy (non-hydrogen) atoms. The first kappa shape index (κ1) is 15.8. The minimum absolute atomic E-state index is 0.101. The molecular weight excluding hydrogens is 306 g/mol. The summed E-state index contributed by atoms with van der Waals surface area (Å²) in [5, 5.41) is 12.1. The largest absolute Gasteiger partial charge is 0.545 e. The third-order valence-corrected chi connectivity index (χ3v) is 3.94. The molecule has 0 aliphatic heterocycles. The Morgan fingerprint density at radius 3 is 2.54 bits per heavy atom. The molecule has 3 aromatic rings. The molecule has 0 saturated heterocycles. The van der Waals surface area contributed by atoms with Crippen molar-refractivity contribution in [3.05, 3.63) is 53.6 Å². The number of hydrogen-bond acceptors (Lipinski definition) is 5. The van der Waals surface area contributed by atoms with Crippen LogP contribution in [0.5, 0.6) is 11.5 Å². The number of pyridine rings is 1. The molecule has 1 aromatic heterocycles. The second-order valence-corrected chi connectivity index (χ2v) is 5.38. The smallest absolute Gasteiger partial charge is 0.128 e. The van der Waals surface area contributed by atoms with Crippen LogP contribution in [-0.4, -0.2) is 25.2 Å². The third-order valence-electron chi connectivity index (χ3n) is 3.94. The summed E-state index contributed by atoms with van der Waals surface area (Å²) < 4.78 is 10.6. The molecule has 0 spiro atoms. The molecule has 0 unspecified atom stereocenters. The minimum atomic E-state index is -1.24. The molecule has 3 rings (SSSR count). The van der Waals surface area contributed by atoms with Crippen molar-refractivity contribution in [1.82, 2.24) is 4.98 Å². The number of nitrogens with zero attached hydrogens (tertiary/aromatic N) is 1. The van der Waals surface area contributed by atoms with Crippen molar-refractivity contribution in [2.75, 3.05) is 14.2 Å². The first-order valence-corrected chi connectivity index (χ1v) is 7.39. The fourth-order valence-electron chi connectivity index (χ4n) is 2.71. The van der Waals surface area contributed by atoms with Gasteiger partial charge in [0.15, 0.2) is 0 Å². The molecule has 2 aromatic carbocycles. The molecule has 0 radical (unpaired) electrons. The van der Waals surface area contributed by atoms with Crippen LogP contribution in [-0.2, 0) is 0 Å². The topological polar surface area (TPSA) is 71.5 Å². The molecule has 0 amide bonds. The number of hydrogen-bond donors (Lipinski definition) is 0. The molecule has 0 fully saturated rings. The number of aryl methyl sites for hydroxylation is 1. The number of carboxylic acids is 1. The first-order chi connectivity index (χ1) is 11.5. The standard InChI is InChI=1S/C19H17NO4/c1-11-5-4-6-13-14(19(21)22)10-16(20-18(11)13)15-9-12(23-2)7-8-17(15)24-3/h4-10H,1-3H3,(H,21,22)/p-1. The van der Waals surface area contributed by atoms with Gasteiger partial charge in [0.1, 0.15) is 11.5 Å². The molecule has 1 heterocycles. The maximum Gasteiger partial charge on any atom is 0.128 e. The normalized spacial score (nSPS) is 10.6. The lowest BCUT2D eigenvalue weighted by Crippen LogP contribution is -2.22. The highest BCUT2D eigenvalue weighted by Gasteiger charge is 2.14. The van der Waals surface area contributed by atoms with E-state index in [0.717, 1.165) is 5.56 Å². The van der Waals surface area contributed by atoms with Crippen LogP contribution in [0.3, 0.4) is 0 Å². The van der Waals surface area contributed by atoms with Crippen LogP contribution in [0.1, 0.15) is 15.9 Å². The van der Waals surface area contributed by atoms with E-state index in [2.05, 4.69) is 4.98 Å². The van der Waals surface area contributed by atoms with Gasteiger partial charge in [-0.25, -0.2) is 4.98 Å². The van der Waals surface area contributed by atoms with Crippen LogP contribution in [0, 0.1) is 6.92 Å². The van der Waals surface area contributed by atoms with Gasteiger partial charge in [0.2, 0.25) is 0 Å². The molecule has 0 aliphatic rings. The lowest BCUT2D eigenvalue weighted by Gasteiger charge is -2.14. The Kier molecular flexibility index (Phi) is 4.08. The predicted molar refractivity (Wildman–Crippen MR) is 89.4 cm³/mol. The SMILES string of the molecule is COc1ccc(OC)c(-c2cc(C(=O)[O-])c3cccc(C)c3n2)c1. The van der Waals surface area contributed by atoms with Crippen LogP contribution < -0.4 is 14.6 Å². The lowest BCUT2D eigenvalue weighted by atomic mass is 10.0. The van der Waals surface area contributed by atoms with Gasteiger partial charge in [-0.3, -0.25) is 0 Å². The van der Waals surface area contributed by atoms with Gasteiger partial charge in [0, 0.05) is 16.5 Å². The van der Waals surface area contributed by atoms with Gasteiger partial charge in [0.05, 0.1) is 31.4 Å². The van der Waals surface area contributed by atoms with E-state index in [-0.39, 0.29) is 5.56 Å². The summed E-state index contributed by atoms with van der Waals surface area (Å²) in [5.74, 6) is -0.0240. The molecule has 0 bridgehead atoms. The van der Waals surface area contributed by atoms with E-state index in [4.69, 9.17) is 9.47 Å². The molecule has 5 heteroatoms. The van der Waals surface area contributed by atoms with Gasteiger partial charge in [-0.05, 0) is 36.8 Å². The minimum Gasteiger partial charge on any atom is -0.545 e. The Balaban J connectivity index is 2.35. The van der Waals surface area contributed by atoms with E-state index in [1.807, 2.05) is 13.0 Å². The van der Waals surface area contributed by atoms with E-state index < -0.39 is 5.97 Å².